The molecule has 0 bridgehead atoms. The maximum absolute atomic E-state index is 7.91. The number of nitrogens with one attached hydrogen (secondary N) is 2. The van der Waals surface area contributed by atoms with Gasteiger partial charge in [-0.2, -0.15) is 5.10 Å². The van der Waals surface area contributed by atoms with Crippen LogP contribution in [0, 0.1) is 12.3 Å². The van der Waals surface area contributed by atoms with Crippen molar-refractivity contribution in [3.63, 3.8) is 0 Å². The molecule has 100 valence electrons. The molecular formula is C14H19N5. The molecule has 2 N–H and O–H groups in total. The molecule has 0 fully saturated rings. The zero-order chi connectivity index (χ0) is 14.0. The first-order valence-corrected chi connectivity index (χ1v) is 6.30. The predicted molar refractivity (Wildman–Crippen MR) is 77.2 cm³/mol. The molecule has 2 aromatic heterocycles. The third-order valence-electron chi connectivity index (χ3n) is 2.85. The van der Waals surface area contributed by atoms with E-state index in [4.69, 9.17) is 5.41 Å². The summed E-state index contributed by atoms with van der Waals surface area (Å²) in [5.74, 6) is 0.761. The highest BCUT2D eigenvalue weighted by molar-refractivity contribution is 6.25. The van der Waals surface area contributed by atoms with Gasteiger partial charge in [0, 0.05) is 41.0 Å². The van der Waals surface area contributed by atoms with Gasteiger partial charge in [-0.25, -0.2) is 4.98 Å². The fourth-order valence-corrected chi connectivity index (χ4v) is 1.81. The highest BCUT2D eigenvalue weighted by Gasteiger charge is 2.09. The third-order valence-corrected chi connectivity index (χ3v) is 2.85. The molecule has 2 heterocycles. The SMILES string of the molecule is CC(=N)/C(=C\c1ncc(C)[nH]1)c1cnn(C(C)C)c1. The summed E-state index contributed by atoms with van der Waals surface area (Å²) >= 11 is 0. The molecule has 0 saturated heterocycles. The number of nitrogens with zero attached hydrogens (tertiary/aromatic N) is 3. The minimum Gasteiger partial charge on any atom is -0.343 e. The summed E-state index contributed by atoms with van der Waals surface area (Å²) in [7, 11) is 0. The van der Waals surface area contributed by atoms with Crippen LogP contribution in [0.2, 0.25) is 0 Å². The lowest BCUT2D eigenvalue weighted by Crippen LogP contribution is -2.00. The Morgan fingerprint density at radius 3 is 2.63 bits per heavy atom. The maximum Gasteiger partial charge on any atom is 0.130 e. The van der Waals surface area contributed by atoms with E-state index in [0.717, 1.165) is 22.7 Å². The predicted octanol–water partition coefficient (Wildman–Crippen LogP) is 3.08. The van der Waals surface area contributed by atoms with E-state index in [0.29, 0.717) is 11.8 Å². The number of aromatic amines is 1. The highest BCUT2D eigenvalue weighted by Crippen LogP contribution is 2.19. The molecule has 2 aromatic rings. The van der Waals surface area contributed by atoms with Gasteiger partial charge in [0.1, 0.15) is 5.82 Å². The van der Waals surface area contributed by atoms with Gasteiger partial charge in [-0.1, -0.05) is 0 Å². The van der Waals surface area contributed by atoms with E-state index in [1.807, 2.05) is 23.9 Å². The van der Waals surface area contributed by atoms with Gasteiger partial charge in [-0.3, -0.25) is 4.68 Å². The number of H-pyrrole nitrogens is 1. The summed E-state index contributed by atoms with van der Waals surface area (Å²) in [6.45, 7) is 7.88. The number of imidazole rings is 1. The summed E-state index contributed by atoms with van der Waals surface area (Å²) in [4.78, 5) is 7.40. The van der Waals surface area contributed by atoms with Gasteiger partial charge in [0.15, 0.2) is 0 Å². The topological polar surface area (TPSA) is 70.3 Å². The lowest BCUT2D eigenvalue weighted by Gasteiger charge is -2.04. The van der Waals surface area contributed by atoms with Gasteiger partial charge in [-0.05, 0) is 33.8 Å². The van der Waals surface area contributed by atoms with Crippen molar-refractivity contribution in [2.24, 2.45) is 0 Å². The molecule has 19 heavy (non-hydrogen) atoms. The minimum absolute atomic E-state index is 0.312. The molecule has 5 heteroatoms. The van der Waals surface area contributed by atoms with Gasteiger partial charge in [0.05, 0.1) is 6.20 Å². The Kier molecular flexibility index (Phi) is 3.64. The second-order valence-electron chi connectivity index (χ2n) is 4.94. The Morgan fingerprint density at radius 2 is 2.16 bits per heavy atom. The molecule has 2 rings (SSSR count). The molecular weight excluding hydrogens is 238 g/mol. The number of hydrogen-bond acceptors (Lipinski definition) is 3. The smallest absolute Gasteiger partial charge is 0.130 e. The molecule has 0 aliphatic heterocycles. The van der Waals surface area contributed by atoms with Crippen LogP contribution in [0.15, 0.2) is 18.6 Å². The van der Waals surface area contributed by atoms with Crippen LogP contribution in [-0.2, 0) is 0 Å². The second-order valence-corrected chi connectivity index (χ2v) is 4.94. The van der Waals surface area contributed by atoms with Crippen LogP contribution in [0.25, 0.3) is 11.6 Å². The molecule has 0 atom stereocenters. The quantitative estimate of drug-likeness (QED) is 0.826. The lowest BCUT2D eigenvalue weighted by molar-refractivity contribution is 0.532. The van der Waals surface area contributed by atoms with Gasteiger partial charge >= 0.3 is 0 Å². The van der Waals surface area contributed by atoms with E-state index in [1.54, 1.807) is 19.3 Å². The van der Waals surface area contributed by atoms with Crippen molar-refractivity contribution < 1.29 is 0 Å². The minimum atomic E-state index is 0.312. The highest BCUT2D eigenvalue weighted by atomic mass is 15.3. The van der Waals surface area contributed by atoms with Gasteiger partial charge in [0.2, 0.25) is 0 Å². The van der Waals surface area contributed by atoms with Crippen LogP contribution in [0.4, 0.5) is 0 Å². The number of allylic oxidation sites excluding steroid dienone is 1. The van der Waals surface area contributed by atoms with E-state index in [9.17, 15) is 0 Å². The molecule has 5 nitrogen and oxygen atoms in total. The number of aryl methyl sites for hydroxylation is 1. The first-order chi connectivity index (χ1) is 8.97. The summed E-state index contributed by atoms with van der Waals surface area (Å²) < 4.78 is 1.89. The first kappa shape index (κ1) is 13.3. The van der Waals surface area contributed by atoms with Gasteiger partial charge in [0.25, 0.3) is 0 Å². The summed E-state index contributed by atoms with van der Waals surface area (Å²) in [6, 6.07) is 0.312. The van der Waals surface area contributed by atoms with Crippen LogP contribution in [0.1, 0.15) is 43.9 Å². The Labute approximate surface area is 112 Å². The zero-order valence-corrected chi connectivity index (χ0v) is 11.7. The van der Waals surface area contributed by atoms with E-state index >= 15 is 0 Å². The number of rotatable bonds is 4. The second kappa shape index (κ2) is 5.22. The van der Waals surface area contributed by atoms with Crippen LogP contribution >= 0.6 is 0 Å². The van der Waals surface area contributed by atoms with Gasteiger partial charge in [-0.15, -0.1) is 0 Å². The number of hydrogen-bond donors (Lipinski definition) is 2. The van der Waals surface area contributed by atoms with Crippen LogP contribution in [0.3, 0.4) is 0 Å². The van der Waals surface area contributed by atoms with Crippen molar-refractivity contribution in [2.45, 2.75) is 33.7 Å². The standard InChI is InChI=1S/C14H19N5/c1-9(2)19-8-12(7-17-19)13(11(4)15)5-14-16-6-10(3)18-14/h5-9,15H,1-4H3,(H,16,18)/b13-5+,15-11?. The molecule has 0 unspecified atom stereocenters. The van der Waals surface area contributed by atoms with Gasteiger partial charge < -0.3 is 10.4 Å². The molecule has 0 amide bonds. The Morgan fingerprint density at radius 1 is 1.42 bits per heavy atom. The van der Waals surface area contributed by atoms with E-state index < -0.39 is 0 Å². The monoisotopic (exact) mass is 257 g/mol. The summed E-state index contributed by atoms with van der Waals surface area (Å²) in [6.07, 6.45) is 7.42. The Hall–Kier alpha value is -2.17. The zero-order valence-electron chi connectivity index (χ0n) is 11.7. The van der Waals surface area contributed by atoms with E-state index in [2.05, 4.69) is 28.9 Å². The molecule has 0 radical (unpaired) electrons. The Bertz CT molecular complexity index is 615. The maximum atomic E-state index is 7.91. The molecule has 0 spiro atoms. The lowest BCUT2D eigenvalue weighted by atomic mass is 10.1. The van der Waals surface area contributed by atoms with Crippen LogP contribution < -0.4 is 0 Å². The summed E-state index contributed by atoms with van der Waals surface area (Å²) in [5, 5.41) is 12.2. The fraction of sp³-hybridized carbons (Fsp3) is 0.357. The van der Waals surface area contributed by atoms with Crippen LogP contribution in [0.5, 0.6) is 0 Å². The first-order valence-electron chi connectivity index (χ1n) is 6.30. The number of aromatic nitrogens is 4. The van der Waals surface area contributed by atoms with Crippen molar-refractivity contribution >= 4 is 17.4 Å². The fourth-order valence-electron chi connectivity index (χ4n) is 1.81. The van der Waals surface area contributed by atoms with Crippen molar-refractivity contribution in [3.05, 3.63) is 35.7 Å². The molecule has 0 saturated carbocycles. The van der Waals surface area contributed by atoms with E-state index in [1.165, 1.54) is 0 Å². The largest absolute Gasteiger partial charge is 0.343 e. The average Bonchev–Trinajstić information content (AvgIpc) is 2.94. The third kappa shape index (κ3) is 2.99. The van der Waals surface area contributed by atoms with Crippen molar-refractivity contribution in [2.75, 3.05) is 0 Å². The molecule has 0 aromatic carbocycles. The van der Waals surface area contributed by atoms with Crippen molar-refractivity contribution in [3.8, 4) is 0 Å². The van der Waals surface area contributed by atoms with E-state index in [-0.39, 0.29) is 0 Å². The van der Waals surface area contributed by atoms with Crippen LogP contribution in [-0.4, -0.2) is 25.5 Å². The van der Waals surface area contributed by atoms with Crippen molar-refractivity contribution in [1.29, 1.82) is 5.41 Å². The summed E-state index contributed by atoms with van der Waals surface area (Å²) in [5.41, 5.74) is 3.28. The normalized spacial score (nSPS) is 12.2. The average molecular weight is 257 g/mol. The Balaban J connectivity index is 2.39. The van der Waals surface area contributed by atoms with Crippen molar-refractivity contribution in [1.82, 2.24) is 19.7 Å². The molecule has 0 aliphatic rings. The molecule has 0 aliphatic carbocycles.